The second kappa shape index (κ2) is 10.2. The highest BCUT2D eigenvalue weighted by molar-refractivity contribution is 6.14. The second-order valence-electron chi connectivity index (χ2n) is 13.5. The first-order chi connectivity index (χ1) is 22.7. The molecule has 0 radical (unpaired) electrons. The molecule has 2 aliphatic carbocycles. The lowest BCUT2D eigenvalue weighted by atomic mass is 9.88. The highest BCUT2D eigenvalue weighted by Crippen LogP contribution is 2.42. The zero-order chi connectivity index (χ0) is 30.2. The number of aromatic nitrogens is 1. The van der Waals surface area contributed by atoms with Crippen molar-refractivity contribution < 1.29 is 4.42 Å². The fourth-order valence-electron chi connectivity index (χ4n) is 8.28. The van der Waals surface area contributed by atoms with Crippen LogP contribution in [0.15, 0.2) is 114 Å². The Kier molecular flexibility index (Phi) is 5.81. The summed E-state index contributed by atoms with van der Waals surface area (Å²) in [6.45, 7) is 0. The van der Waals surface area contributed by atoms with Gasteiger partial charge in [0.2, 0.25) is 0 Å². The normalized spacial score (nSPS) is 14.7. The smallest absolute Gasteiger partial charge is 0.143 e. The van der Waals surface area contributed by atoms with Gasteiger partial charge in [0, 0.05) is 38.1 Å². The number of furan rings is 1. The molecule has 10 rings (SSSR count). The van der Waals surface area contributed by atoms with E-state index < -0.39 is 0 Å². The van der Waals surface area contributed by atoms with Gasteiger partial charge in [0.05, 0.1) is 0 Å². The minimum atomic E-state index is 0.939. The van der Waals surface area contributed by atoms with E-state index in [1.165, 1.54) is 128 Å². The van der Waals surface area contributed by atoms with E-state index in [4.69, 9.17) is 4.42 Å². The van der Waals surface area contributed by atoms with Gasteiger partial charge < -0.3 is 9.40 Å². The third kappa shape index (κ3) is 4.16. The molecule has 222 valence electrons. The lowest BCUT2D eigenvalue weighted by Crippen LogP contribution is -2.02. The van der Waals surface area contributed by atoms with Crippen LogP contribution in [0.1, 0.15) is 47.9 Å². The van der Waals surface area contributed by atoms with E-state index in [-0.39, 0.29) is 0 Å². The van der Waals surface area contributed by atoms with E-state index in [1.807, 2.05) is 0 Å². The van der Waals surface area contributed by atoms with Crippen molar-refractivity contribution in [3.8, 4) is 33.4 Å². The summed E-state index contributed by atoms with van der Waals surface area (Å²) in [6, 6.07) is 41.1. The number of para-hydroxylation sites is 1. The van der Waals surface area contributed by atoms with Crippen molar-refractivity contribution in [3.05, 3.63) is 131 Å². The van der Waals surface area contributed by atoms with Crippen LogP contribution < -0.4 is 0 Å². The minimum Gasteiger partial charge on any atom is -0.455 e. The summed E-state index contributed by atoms with van der Waals surface area (Å²) < 4.78 is 6.77. The Labute approximate surface area is 268 Å². The van der Waals surface area contributed by atoms with Gasteiger partial charge in [-0.25, -0.2) is 0 Å². The van der Waals surface area contributed by atoms with E-state index in [1.54, 1.807) is 0 Å². The molecule has 8 aromatic rings. The number of H-pyrrole nitrogens is 1. The lowest BCUT2D eigenvalue weighted by Gasteiger charge is -2.17. The van der Waals surface area contributed by atoms with E-state index in [0.29, 0.717) is 0 Å². The Balaban J connectivity index is 1.20. The van der Waals surface area contributed by atoms with Gasteiger partial charge in [-0.1, -0.05) is 66.7 Å². The highest BCUT2D eigenvalue weighted by Gasteiger charge is 2.19. The number of hydrogen-bond donors (Lipinski definition) is 1. The van der Waals surface area contributed by atoms with Gasteiger partial charge in [-0.05, 0) is 144 Å². The molecule has 0 aliphatic heterocycles. The topological polar surface area (TPSA) is 28.9 Å². The van der Waals surface area contributed by atoms with Crippen LogP contribution in [0.4, 0.5) is 0 Å². The summed E-state index contributed by atoms with van der Waals surface area (Å²) in [5.74, 6) is 0. The molecule has 46 heavy (non-hydrogen) atoms. The number of hydrogen-bond acceptors (Lipinski definition) is 1. The van der Waals surface area contributed by atoms with Crippen molar-refractivity contribution in [3.63, 3.8) is 0 Å². The molecule has 0 atom stereocenters. The molecule has 6 aromatic carbocycles. The Morgan fingerprint density at radius 2 is 1.00 bits per heavy atom. The van der Waals surface area contributed by atoms with E-state index in [0.717, 1.165) is 22.2 Å². The van der Waals surface area contributed by atoms with Crippen LogP contribution >= 0.6 is 0 Å². The monoisotopic (exact) mass is 593 g/mol. The molecular formula is C44H35NO. The molecule has 0 saturated carbocycles. The zero-order valence-electron chi connectivity index (χ0n) is 26.0. The molecule has 2 heteroatoms. The highest BCUT2D eigenvalue weighted by atomic mass is 16.3. The van der Waals surface area contributed by atoms with E-state index in [9.17, 15) is 0 Å². The van der Waals surface area contributed by atoms with Crippen molar-refractivity contribution in [2.45, 2.75) is 51.4 Å². The molecule has 0 bridgehead atoms. The van der Waals surface area contributed by atoms with Gasteiger partial charge in [0.15, 0.2) is 0 Å². The number of benzene rings is 6. The Hall–Kier alpha value is -5.08. The average Bonchev–Trinajstić information content (AvgIpc) is 3.68. The summed E-state index contributed by atoms with van der Waals surface area (Å²) in [5.41, 5.74) is 17.7. The first-order valence-corrected chi connectivity index (χ1v) is 17.0. The predicted octanol–water partition coefficient (Wildman–Crippen LogP) is 12.0. The fraction of sp³-hybridized carbons (Fsp3) is 0.182. The average molecular weight is 594 g/mol. The van der Waals surface area contributed by atoms with Crippen LogP contribution in [0.25, 0.3) is 77.1 Å². The molecule has 0 unspecified atom stereocenters. The number of nitrogens with one attached hydrogen (secondary N) is 1. The van der Waals surface area contributed by atoms with Crippen LogP contribution in [-0.2, 0) is 25.7 Å². The Bertz CT molecular complexity index is 2490. The number of aryl methyl sites for hydroxylation is 4. The maximum absolute atomic E-state index is 6.77. The number of fused-ring (bicyclic) bond motifs is 8. The quantitative estimate of drug-likeness (QED) is 0.217. The summed E-state index contributed by atoms with van der Waals surface area (Å²) in [4.78, 5) is 3.60. The molecular weight excluding hydrogens is 558 g/mol. The van der Waals surface area contributed by atoms with Crippen molar-refractivity contribution in [2.75, 3.05) is 0 Å². The summed E-state index contributed by atoms with van der Waals surface area (Å²) in [7, 11) is 0. The molecule has 0 fully saturated rings. The van der Waals surface area contributed by atoms with Gasteiger partial charge in [0.25, 0.3) is 0 Å². The first kappa shape index (κ1) is 26.2. The maximum Gasteiger partial charge on any atom is 0.143 e. The molecule has 0 spiro atoms. The Morgan fingerprint density at radius 1 is 0.413 bits per heavy atom. The third-order valence-electron chi connectivity index (χ3n) is 10.8. The standard InChI is InChI=1S/C44H35NO/c1-3-9-29-21-31(15-13-27(29)7-1)33-18-20-43-39(23-33)40-26-35(32-16-14-28-8-2-4-10-30(28)22-32)25-37(44(40)46-43)34-17-19-42-38(24-34)36-11-5-6-12-41(36)45-42/h5-6,11-26,45H,1-4,7-10H2. The molecule has 2 aliphatic rings. The molecule has 0 amide bonds. The van der Waals surface area contributed by atoms with Crippen molar-refractivity contribution >= 4 is 43.7 Å². The summed E-state index contributed by atoms with van der Waals surface area (Å²) in [6.07, 6.45) is 9.95. The lowest BCUT2D eigenvalue weighted by molar-refractivity contribution is 0.670. The van der Waals surface area contributed by atoms with Gasteiger partial charge in [-0.3, -0.25) is 0 Å². The van der Waals surface area contributed by atoms with Crippen molar-refractivity contribution in [1.82, 2.24) is 4.98 Å². The number of aromatic amines is 1. The largest absolute Gasteiger partial charge is 0.455 e. The summed E-state index contributed by atoms with van der Waals surface area (Å²) >= 11 is 0. The summed E-state index contributed by atoms with van der Waals surface area (Å²) in [5, 5.41) is 4.85. The third-order valence-corrected chi connectivity index (χ3v) is 10.8. The van der Waals surface area contributed by atoms with Gasteiger partial charge in [-0.2, -0.15) is 0 Å². The zero-order valence-corrected chi connectivity index (χ0v) is 26.0. The Morgan fingerprint density at radius 3 is 1.78 bits per heavy atom. The van der Waals surface area contributed by atoms with Crippen LogP contribution in [-0.4, -0.2) is 4.98 Å². The van der Waals surface area contributed by atoms with Gasteiger partial charge in [-0.15, -0.1) is 0 Å². The van der Waals surface area contributed by atoms with Gasteiger partial charge >= 0.3 is 0 Å². The minimum absolute atomic E-state index is 0.939. The second-order valence-corrected chi connectivity index (χ2v) is 13.5. The van der Waals surface area contributed by atoms with Gasteiger partial charge in [0.1, 0.15) is 11.2 Å². The fourth-order valence-corrected chi connectivity index (χ4v) is 8.28. The maximum atomic E-state index is 6.77. The molecule has 1 N–H and O–H groups in total. The van der Waals surface area contributed by atoms with E-state index in [2.05, 4.69) is 114 Å². The van der Waals surface area contributed by atoms with Crippen molar-refractivity contribution in [2.24, 2.45) is 0 Å². The molecule has 2 heterocycles. The van der Waals surface area contributed by atoms with E-state index >= 15 is 0 Å². The number of rotatable bonds is 3. The molecule has 0 saturated heterocycles. The predicted molar refractivity (Wildman–Crippen MR) is 193 cm³/mol. The van der Waals surface area contributed by atoms with Crippen molar-refractivity contribution in [1.29, 1.82) is 0 Å². The first-order valence-electron chi connectivity index (χ1n) is 17.0. The van der Waals surface area contributed by atoms with Crippen LogP contribution in [0.3, 0.4) is 0 Å². The van der Waals surface area contributed by atoms with Crippen LogP contribution in [0, 0.1) is 0 Å². The SMILES string of the molecule is c1ccc2c(c1)[nH]c1ccc(-c3cc(-c4ccc5c(c4)CCCC5)cc4c3oc3ccc(-c5ccc6c(c5)CCCC6)cc34)cc12. The molecule has 2 nitrogen and oxygen atoms in total. The van der Waals surface area contributed by atoms with Crippen LogP contribution in [0.2, 0.25) is 0 Å². The molecule has 2 aromatic heterocycles. The van der Waals surface area contributed by atoms with Crippen LogP contribution in [0.5, 0.6) is 0 Å².